The van der Waals surface area contributed by atoms with Crippen LogP contribution in [0.5, 0.6) is 11.5 Å². The average molecular weight is 456 g/mol. The molecule has 3 rings (SSSR count). The number of carboxylic acids is 1. The summed E-state index contributed by atoms with van der Waals surface area (Å²) in [5.74, 6) is -1.85. The van der Waals surface area contributed by atoms with Crippen molar-refractivity contribution in [2.45, 2.75) is 12.7 Å². The number of halogens is 5. The Balaban J connectivity index is 2.06. The molecule has 9 heteroatoms. The van der Waals surface area contributed by atoms with E-state index in [0.29, 0.717) is 16.7 Å². The number of para-hydroxylation sites is 1. The predicted molar refractivity (Wildman–Crippen MR) is 109 cm³/mol. The normalized spacial score (nSPS) is 11.2. The molecule has 0 atom stereocenters. The van der Waals surface area contributed by atoms with Gasteiger partial charge in [0.1, 0.15) is 11.3 Å². The molecule has 3 aromatic carbocycles. The second-order valence-electron chi connectivity index (χ2n) is 6.22. The van der Waals surface area contributed by atoms with Crippen molar-refractivity contribution in [3.05, 3.63) is 87.4 Å². The molecule has 0 fully saturated rings. The van der Waals surface area contributed by atoms with Gasteiger partial charge in [0, 0.05) is 6.54 Å². The lowest BCUT2D eigenvalue weighted by molar-refractivity contribution is -0.138. The molecule has 0 aliphatic rings. The summed E-state index contributed by atoms with van der Waals surface area (Å²) in [6.07, 6.45) is -4.84. The minimum atomic E-state index is -4.84. The van der Waals surface area contributed by atoms with Crippen LogP contribution >= 0.6 is 23.2 Å². The molecule has 0 saturated heterocycles. The fraction of sp³-hybridized carbons (Fsp3) is 0.0952. The number of aromatic carboxylic acids is 1. The van der Waals surface area contributed by atoms with Gasteiger partial charge in [-0.15, -0.1) is 0 Å². The summed E-state index contributed by atoms with van der Waals surface area (Å²) in [7, 11) is 0. The van der Waals surface area contributed by atoms with Crippen LogP contribution in [0, 0.1) is 0 Å². The highest BCUT2D eigenvalue weighted by atomic mass is 35.5. The fourth-order valence-corrected chi connectivity index (χ4v) is 2.98. The largest absolute Gasteiger partial charge is 0.478 e. The molecule has 2 N–H and O–H groups in total. The SMILES string of the molecule is O=C(O)c1cc(NCc2ccc(Cl)c(Cl)c2)c(Oc2ccccc2)c(C(F)(F)F)c1. The number of ether oxygens (including phenoxy) is 1. The Kier molecular flexibility index (Phi) is 6.43. The maximum Gasteiger partial charge on any atom is 0.420 e. The zero-order chi connectivity index (χ0) is 21.9. The molecule has 0 amide bonds. The standard InChI is InChI=1S/C21H14Cl2F3NO3/c22-16-7-6-12(8-17(16)23)11-27-18-10-13(20(28)29)9-15(21(24,25)26)19(18)30-14-4-2-1-3-5-14/h1-10,27H,11H2,(H,28,29). The van der Waals surface area contributed by atoms with Crippen molar-refractivity contribution in [2.24, 2.45) is 0 Å². The topological polar surface area (TPSA) is 58.6 Å². The van der Waals surface area contributed by atoms with E-state index in [9.17, 15) is 23.1 Å². The van der Waals surface area contributed by atoms with Crippen LogP contribution in [0.1, 0.15) is 21.5 Å². The van der Waals surface area contributed by atoms with Crippen molar-refractivity contribution < 1.29 is 27.8 Å². The van der Waals surface area contributed by atoms with E-state index >= 15 is 0 Å². The van der Waals surface area contributed by atoms with Gasteiger partial charge in [-0.25, -0.2) is 4.79 Å². The third-order valence-electron chi connectivity index (χ3n) is 4.07. The quantitative estimate of drug-likeness (QED) is 0.415. The monoisotopic (exact) mass is 455 g/mol. The molecule has 0 unspecified atom stereocenters. The van der Waals surface area contributed by atoms with E-state index in [4.69, 9.17) is 27.9 Å². The first-order valence-corrected chi connectivity index (χ1v) is 9.30. The summed E-state index contributed by atoms with van der Waals surface area (Å²) >= 11 is 11.9. The minimum Gasteiger partial charge on any atom is -0.478 e. The smallest absolute Gasteiger partial charge is 0.420 e. The van der Waals surface area contributed by atoms with Crippen LogP contribution in [0.25, 0.3) is 0 Å². The third kappa shape index (κ3) is 5.17. The van der Waals surface area contributed by atoms with Gasteiger partial charge in [0.05, 0.1) is 21.3 Å². The van der Waals surface area contributed by atoms with Gasteiger partial charge in [-0.3, -0.25) is 0 Å². The van der Waals surface area contributed by atoms with Gasteiger partial charge in [-0.1, -0.05) is 47.5 Å². The molecule has 4 nitrogen and oxygen atoms in total. The summed E-state index contributed by atoms with van der Waals surface area (Å²) in [5.41, 5.74) is -1.23. The van der Waals surface area contributed by atoms with Crippen molar-refractivity contribution in [2.75, 3.05) is 5.32 Å². The maximum absolute atomic E-state index is 13.7. The number of nitrogens with one attached hydrogen (secondary N) is 1. The number of benzene rings is 3. The number of hydrogen-bond donors (Lipinski definition) is 2. The van der Waals surface area contributed by atoms with Crippen LogP contribution in [0.2, 0.25) is 10.0 Å². The van der Waals surface area contributed by atoms with Gasteiger partial charge >= 0.3 is 12.1 Å². The van der Waals surface area contributed by atoms with Crippen LogP contribution in [0.15, 0.2) is 60.7 Å². The number of rotatable bonds is 6. The zero-order valence-electron chi connectivity index (χ0n) is 15.1. The molecule has 0 spiro atoms. The molecule has 156 valence electrons. The van der Waals surface area contributed by atoms with E-state index in [0.717, 1.165) is 6.07 Å². The van der Waals surface area contributed by atoms with E-state index in [1.807, 2.05) is 0 Å². The van der Waals surface area contributed by atoms with E-state index < -0.39 is 29.0 Å². The Bertz CT molecular complexity index is 1070. The summed E-state index contributed by atoms with van der Waals surface area (Å²) in [4.78, 5) is 11.4. The Morgan fingerprint density at radius 1 is 1.00 bits per heavy atom. The molecule has 0 saturated carbocycles. The first-order valence-electron chi connectivity index (χ1n) is 8.54. The maximum atomic E-state index is 13.7. The Morgan fingerprint density at radius 2 is 1.70 bits per heavy atom. The summed E-state index contributed by atoms with van der Waals surface area (Å²) < 4.78 is 46.6. The molecule has 0 aliphatic carbocycles. The molecule has 3 aromatic rings. The Hall–Kier alpha value is -2.90. The molecule has 30 heavy (non-hydrogen) atoms. The van der Waals surface area contributed by atoms with Gasteiger partial charge in [0.2, 0.25) is 0 Å². The van der Waals surface area contributed by atoms with Gasteiger partial charge in [-0.05, 0) is 42.0 Å². The van der Waals surface area contributed by atoms with Gasteiger partial charge in [-0.2, -0.15) is 13.2 Å². The van der Waals surface area contributed by atoms with E-state index in [1.165, 1.54) is 12.1 Å². The minimum absolute atomic E-state index is 0.0579. The van der Waals surface area contributed by atoms with E-state index in [2.05, 4.69) is 5.32 Å². The molecule has 0 aliphatic heterocycles. The van der Waals surface area contributed by atoms with Crippen LogP contribution in [0.3, 0.4) is 0 Å². The van der Waals surface area contributed by atoms with Crippen LogP contribution in [-0.4, -0.2) is 11.1 Å². The van der Waals surface area contributed by atoms with Gasteiger partial charge < -0.3 is 15.2 Å². The van der Waals surface area contributed by atoms with Crippen molar-refractivity contribution in [1.82, 2.24) is 0 Å². The van der Waals surface area contributed by atoms with Crippen molar-refractivity contribution in [1.29, 1.82) is 0 Å². The predicted octanol–water partition coefficient (Wildman–Crippen LogP) is 7.11. The molecule has 0 bridgehead atoms. The summed E-state index contributed by atoms with van der Waals surface area (Å²) in [6.45, 7) is 0.0579. The number of hydrogen-bond acceptors (Lipinski definition) is 3. The van der Waals surface area contributed by atoms with Crippen LogP contribution < -0.4 is 10.1 Å². The third-order valence-corrected chi connectivity index (χ3v) is 4.81. The van der Waals surface area contributed by atoms with Crippen molar-refractivity contribution >= 4 is 34.9 Å². The number of carbonyl (C=O) groups is 1. The zero-order valence-corrected chi connectivity index (χ0v) is 16.6. The van der Waals surface area contributed by atoms with E-state index in [-0.39, 0.29) is 23.0 Å². The van der Waals surface area contributed by atoms with Gasteiger partial charge in [0.25, 0.3) is 0 Å². The summed E-state index contributed by atoms with van der Waals surface area (Å²) in [6, 6.07) is 14.3. The number of alkyl halides is 3. The summed E-state index contributed by atoms with van der Waals surface area (Å²) in [5, 5.41) is 12.7. The van der Waals surface area contributed by atoms with Crippen LogP contribution in [0.4, 0.5) is 18.9 Å². The second kappa shape index (κ2) is 8.85. The molecule has 0 radical (unpaired) electrons. The highest BCUT2D eigenvalue weighted by Crippen LogP contribution is 2.43. The molecule has 0 aromatic heterocycles. The second-order valence-corrected chi connectivity index (χ2v) is 7.03. The fourth-order valence-electron chi connectivity index (χ4n) is 2.66. The number of anilines is 1. The molecule has 0 heterocycles. The van der Waals surface area contributed by atoms with Crippen molar-refractivity contribution in [3.8, 4) is 11.5 Å². The Labute approximate surface area is 179 Å². The first kappa shape index (κ1) is 21.8. The highest BCUT2D eigenvalue weighted by Gasteiger charge is 2.37. The van der Waals surface area contributed by atoms with Crippen LogP contribution in [-0.2, 0) is 12.7 Å². The lowest BCUT2D eigenvalue weighted by Crippen LogP contribution is -2.12. The molecular weight excluding hydrogens is 442 g/mol. The highest BCUT2D eigenvalue weighted by molar-refractivity contribution is 6.42. The Morgan fingerprint density at radius 3 is 2.30 bits per heavy atom. The molecular formula is C21H14Cl2F3NO3. The lowest BCUT2D eigenvalue weighted by Gasteiger charge is -2.19. The first-order chi connectivity index (χ1) is 14.1. The number of carboxylic acid groups (broad SMARTS) is 1. The van der Waals surface area contributed by atoms with Crippen molar-refractivity contribution in [3.63, 3.8) is 0 Å². The van der Waals surface area contributed by atoms with Gasteiger partial charge in [0.15, 0.2) is 5.75 Å². The lowest BCUT2D eigenvalue weighted by atomic mass is 10.1. The van der Waals surface area contributed by atoms with E-state index in [1.54, 1.807) is 36.4 Å². The average Bonchev–Trinajstić information content (AvgIpc) is 2.69.